The molecule has 2 N–H and O–H groups in total. The minimum atomic E-state index is -0.128. The zero-order valence-electron chi connectivity index (χ0n) is 13.5. The van der Waals surface area contributed by atoms with Crippen LogP contribution in [0, 0.1) is 6.92 Å². The van der Waals surface area contributed by atoms with Crippen LogP contribution in [0.15, 0.2) is 11.6 Å². The average molecular weight is 365 g/mol. The first kappa shape index (κ1) is 17.0. The highest BCUT2D eigenvalue weighted by Gasteiger charge is 2.29. The molecule has 0 unspecified atom stereocenters. The fourth-order valence-electron chi connectivity index (χ4n) is 2.75. The summed E-state index contributed by atoms with van der Waals surface area (Å²) in [5.41, 5.74) is 0.916. The van der Waals surface area contributed by atoms with E-state index in [0.29, 0.717) is 16.8 Å². The fourth-order valence-corrected chi connectivity index (χ4v) is 4.24. The molecule has 3 heterocycles. The molecule has 9 heteroatoms. The molecule has 2 aromatic heterocycles. The fraction of sp³-hybridized carbons (Fsp3) is 0.467. The number of carbonyl (C=O) groups excluding carboxylic acids is 2. The van der Waals surface area contributed by atoms with Gasteiger partial charge in [0.2, 0.25) is 11.8 Å². The van der Waals surface area contributed by atoms with Crippen LogP contribution in [0.5, 0.6) is 0 Å². The smallest absolute Gasteiger partial charge is 0.240 e. The van der Waals surface area contributed by atoms with E-state index in [1.54, 1.807) is 6.20 Å². The number of thiazole rings is 2. The van der Waals surface area contributed by atoms with Gasteiger partial charge in [0.1, 0.15) is 0 Å². The van der Waals surface area contributed by atoms with Crippen molar-refractivity contribution < 1.29 is 9.59 Å². The summed E-state index contributed by atoms with van der Waals surface area (Å²) in [6.07, 6.45) is 3.74. The molecule has 0 bridgehead atoms. The first-order chi connectivity index (χ1) is 11.5. The van der Waals surface area contributed by atoms with Crippen molar-refractivity contribution in [3.8, 4) is 0 Å². The van der Waals surface area contributed by atoms with Crippen molar-refractivity contribution in [2.75, 3.05) is 23.7 Å². The minimum absolute atomic E-state index is 0.0615. The molecule has 2 amide bonds. The summed E-state index contributed by atoms with van der Waals surface area (Å²) in [5.74, 6) is -0.189. The van der Waals surface area contributed by atoms with E-state index in [1.165, 1.54) is 29.6 Å². The van der Waals surface area contributed by atoms with Crippen molar-refractivity contribution in [3.63, 3.8) is 0 Å². The normalized spacial score (nSPS) is 17.8. The lowest BCUT2D eigenvalue weighted by Gasteiger charge is -2.22. The van der Waals surface area contributed by atoms with Crippen molar-refractivity contribution in [3.05, 3.63) is 22.1 Å². The van der Waals surface area contributed by atoms with Crippen LogP contribution in [0.3, 0.4) is 0 Å². The summed E-state index contributed by atoms with van der Waals surface area (Å²) in [5, 5.41) is 8.74. The third-order valence-electron chi connectivity index (χ3n) is 3.72. The van der Waals surface area contributed by atoms with Gasteiger partial charge in [-0.3, -0.25) is 14.5 Å². The molecule has 0 aliphatic carbocycles. The van der Waals surface area contributed by atoms with E-state index in [2.05, 4.69) is 25.5 Å². The predicted octanol–water partition coefficient (Wildman–Crippen LogP) is 2.64. The Morgan fingerprint density at radius 3 is 2.92 bits per heavy atom. The lowest BCUT2D eigenvalue weighted by molar-refractivity contribution is -0.117. The second-order valence-electron chi connectivity index (χ2n) is 5.71. The Kier molecular flexibility index (Phi) is 5.22. The Morgan fingerprint density at radius 2 is 2.21 bits per heavy atom. The highest BCUT2D eigenvalue weighted by molar-refractivity contribution is 7.15. The number of nitrogens with zero attached hydrogens (tertiary/aromatic N) is 3. The zero-order chi connectivity index (χ0) is 17.1. The second-order valence-corrected chi connectivity index (χ2v) is 7.80. The molecule has 1 saturated heterocycles. The lowest BCUT2D eigenvalue weighted by atomic mass is 10.2. The lowest BCUT2D eigenvalue weighted by Crippen LogP contribution is -2.33. The molecular weight excluding hydrogens is 346 g/mol. The summed E-state index contributed by atoms with van der Waals surface area (Å²) in [6, 6.07) is 0.118. The van der Waals surface area contributed by atoms with Gasteiger partial charge in [0, 0.05) is 23.4 Å². The molecule has 1 atom stereocenters. The van der Waals surface area contributed by atoms with Gasteiger partial charge in [-0.25, -0.2) is 9.97 Å². The van der Waals surface area contributed by atoms with Crippen LogP contribution in [0.2, 0.25) is 0 Å². The second kappa shape index (κ2) is 7.37. The quantitative estimate of drug-likeness (QED) is 0.850. The van der Waals surface area contributed by atoms with Crippen molar-refractivity contribution in [1.29, 1.82) is 0 Å². The highest BCUT2D eigenvalue weighted by atomic mass is 32.1. The Labute approximate surface area is 148 Å². The van der Waals surface area contributed by atoms with Crippen LogP contribution in [-0.2, 0) is 9.59 Å². The van der Waals surface area contributed by atoms with Crippen molar-refractivity contribution >= 4 is 44.8 Å². The van der Waals surface area contributed by atoms with Gasteiger partial charge in [-0.15, -0.1) is 22.7 Å². The van der Waals surface area contributed by atoms with Gasteiger partial charge in [-0.1, -0.05) is 0 Å². The van der Waals surface area contributed by atoms with Gasteiger partial charge in [-0.2, -0.15) is 0 Å². The number of aromatic nitrogens is 2. The van der Waals surface area contributed by atoms with E-state index in [4.69, 9.17) is 0 Å². The average Bonchev–Trinajstić information content (AvgIpc) is 3.20. The van der Waals surface area contributed by atoms with E-state index >= 15 is 0 Å². The predicted molar refractivity (Wildman–Crippen MR) is 95.4 cm³/mol. The largest absolute Gasteiger partial charge is 0.302 e. The van der Waals surface area contributed by atoms with E-state index in [1.807, 2.05) is 12.3 Å². The molecule has 2 aromatic rings. The molecule has 7 nitrogen and oxygen atoms in total. The maximum Gasteiger partial charge on any atom is 0.240 e. The van der Waals surface area contributed by atoms with Crippen LogP contribution in [0.25, 0.3) is 0 Å². The summed E-state index contributed by atoms with van der Waals surface area (Å²) in [6.45, 7) is 4.60. The highest BCUT2D eigenvalue weighted by Crippen LogP contribution is 2.33. The van der Waals surface area contributed by atoms with Gasteiger partial charge >= 0.3 is 0 Å². The topological polar surface area (TPSA) is 87.2 Å². The van der Waals surface area contributed by atoms with E-state index < -0.39 is 0 Å². The molecular formula is C15H19N5O2S2. The zero-order valence-corrected chi connectivity index (χ0v) is 15.2. The summed E-state index contributed by atoms with van der Waals surface area (Å²) >= 11 is 2.88. The number of anilines is 2. The summed E-state index contributed by atoms with van der Waals surface area (Å²) in [4.78, 5) is 35.2. The Morgan fingerprint density at radius 1 is 1.38 bits per heavy atom. The number of hydrogen-bond donors (Lipinski definition) is 2. The third-order valence-corrected chi connectivity index (χ3v) is 5.33. The number of amides is 2. The number of hydrogen-bond acceptors (Lipinski definition) is 7. The Hall–Kier alpha value is -1.84. The van der Waals surface area contributed by atoms with E-state index in [0.717, 1.165) is 30.0 Å². The van der Waals surface area contributed by atoms with Gasteiger partial charge in [-0.05, 0) is 26.3 Å². The number of likely N-dealkylation sites (tertiary alicyclic amines) is 1. The molecule has 0 radical (unpaired) electrons. The number of nitrogens with one attached hydrogen (secondary N) is 2. The van der Waals surface area contributed by atoms with Crippen LogP contribution in [0.1, 0.15) is 36.4 Å². The maximum absolute atomic E-state index is 12.2. The number of rotatable bonds is 5. The van der Waals surface area contributed by atoms with Crippen LogP contribution < -0.4 is 10.6 Å². The Bertz CT molecular complexity index is 742. The molecule has 1 fully saturated rings. The van der Waals surface area contributed by atoms with Gasteiger partial charge < -0.3 is 10.6 Å². The summed E-state index contributed by atoms with van der Waals surface area (Å²) in [7, 11) is 0. The van der Waals surface area contributed by atoms with E-state index in [-0.39, 0.29) is 17.9 Å². The van der Waals surface area contributed by atoms with Gasteiger partial charge in [0.25, 0.3) is 0 Å². The molecule has 128 valence electrons. The molecule has 0 saturated carbocycles. The molecule has 3 rings (SSSR count). The molecule has 1 aliphatic heterocycles. The van der Waals surface area contributed by atoms with Crippen LogP contribution >= 0.6 is 22.7 Å². The SMILES string of the molecule is CC(=O)Nc1nc([C@@H]2CCCN2CC(=O)Nc2ncc(C)s2)cs1. The molecule has 0 aromatic carbocycles. The minimum Gasteiger partial charge on any atom is -0.302 e. The number of carbonyl (C=O) groups is 2. The van der Waals surface area contributed by atoms with Crippen molar-refractivity contribution in [2.45, 2.75) is 32.7 Å². The molecule has 0 spiro atoms. The summed E-state index contributed by atoms with van der Waals surface area (Å²) < 4.78 is 0. The molecule has 24 heavy (non-hydrogen) atoms. The Balaban J connectivity index is 1.61. The molecule has 1 aliphatic rings. The van der Waals surface area contributed by atoms with Gasteiger partial charge in [0.05, 0.1) is 18.3 Å². The monoisotopic (exact) mass is 365 g/mol. The standard InChI is InChI=1S/C15H19N5O2S2/c1-9-6-16-14(24-9)19-13(22)7-20-5-3-4-12(20)11-8-23-15(18-11)17-10(2)21/h6,8,12H,3-5,7H2,1-2H3,(H,16,19,22)(H,17,18,21)/t12-/m0/s1. The third kappa shape index (κ3) is 4.16. The van der Waals surface area contributed by atoms with E-state index in [9.17, 15) is 9.59 Å². The first-order valence-corrected chi connectivity index (χ1v) is 9.40. The van der Waals surface area contributed by atoms with Crippen molar-refractivity contribution in [2.24, 2.45) is 0 Å². The van der Waals surface area contributed by atoms with Crippen LogP contribution in [0.4, 0.5) is 10.3 Å². The number of aryl methyl sites for hydroxylation is 1. The van der Waals surface area contributed by atoms with Gasteiger partial charge in [0.15, 0.2) is 10.3 Å². The van der Waals surface area contributed by atoms with Crippen molar-refractivity contribution in [1.82, 2.24) is 14.9 Å². The van der Waals surface area contributed by atoms with Crippen LogP contribution in [-0.4, -0.2) is 39.8 Å². The first-order valence-electron chi connectivity index (χ1n) is 7.70. The maximum atomic E-state index is 12.2.